The first kappa shape index (κ1) is 18.8. The van der Waals surface area contributed by atoms with E-state index in [1.54, 1.807) is 45.4 Å². The number of hydrogen-bond acceptors (Lipinski definition) is 5. The second-order valence-corrected chi connectivity index (χ2v) is 6.02. The van der Waals surface area contributed by atoms with Gasteiger partial charge in [-0.1, -0.05) is 18.9 Å². The molecule has 0 aromatic heterocycles. The van der Waals surface area contributed by atoms with Gasteiger partial charge in [-0.25, -0.2) is 4.79 Å². The minimum Gasteiger partial charge on any atom is -0.493 e. The predicted octanol–water partition coefficient (Wildman–Crippen LogP) is 2.71. The number of carbonyl (C=O) groups excluding carboxylic acids is 2. The molecule has 1 aromatic rings. The quantitative estimate of drug-likeness (QED) is 0.606. The summed E-state index contributed by atoms with van der Waals surface area (Å²) in [6, 6.07) is 5.50. The van der Waals surface area contributed by atoms with Gasteiger partial charge in [0.05, 0.1) is 14.2 Å². The van der Waals surface area contributed by atoms with E-state index in [0.717, 1.165) is 31.2 Å². The summed E-state index contributed by atoms with van der Waals surface area (Å²) >= 11 is 0. The Morgan fingerprint density at radius 1 is 1.16 bits per heavy atom. The Bertz CT molecular complexity index is 635. The van der Waals surface area contributed by atoms with Crippen molar-refractivity contribution in [2.45, 2.75) is 44.8 Å². The van der Waals surface area contributed by atoms with E-state index >= 15 is 0 Å². The summed E-state index contributed by atoms with van der Waals surface area (Å²) in [4.78, 5) is 23.9. The van der Waals surface area contributed by atoms with E-state index in [1.165, 1.54) is 6.08 Å². The van der Waals surface area contributed by atoms with Crippen LogP contribution in [0.2, 0.25) is 0 Å². The highest BCUT2D eigenvalue weighted by atomic mass is 16.5. The number of hydrogen-bond donors (Lipinski definition) is 1. The van der Waals surface area contributed by atoms with Gasteiger partial charge in [0.25, 0.3) is 5.91 Å². The summed E-state index contributed by atoms with van der Waals surface area (Å²) in [6.45, 7) is 1.58. The van der Waals surface area contributed by atoms with Crippen LogP contribution in [0.5, 0.6) is 11.5 Å². The lowest BCUT2D eigenvalue weighted by atomic mass is 10.2. The molecular weight excluding hydrogens is 322 g/mol. The largest absolute Gasteiger partial charge is 0.493 e. The van der Waals surface area contributed by atoms with Crippen molar-refractivity contribution in [2.24, 2.45) is 0 Å². The van der Waals surface area contributed by atoms with Gasteiger partial charge in [-0.2, -0.15) is 0 Å². The Labute approximate surface area is 148 Å². The van der Waals surface area contributed by atoms with Gasteiger partial charge in [0.2, 0.25) is 0 Å². The molecule has 1 aliphatic carbocycles. The standard InChI is InChI=1S/C19H25NO5/c1-13(19(22)20-15-6-4-5-7-15)25-18(21)11-9-14-8-10-16(23-2)17(12-14)24-3/h8-13,15H,4-7H2,1-3H3,(H,20,22)/b11-9+/t13-/m1/s1. The van der Waals surface area contributed by atoms with Crippen LogP contribution < -0.4 is 14.8 Å². The van der Waals surface area contributed by atoms with Crippen LogP contribution in [0.15, 0.2) is 24.3 Å². The Hall–Kier alpha value is -2.50. The second-order valence-electron chi connectivity index (χ2n) is 6.02. The first-order chi connectivity index (χ1) is 12.0. The fourth-order valence-electron chi connectivity index (χ4n) is 2.78. The van der Waals surface area contributed by atoms with Crippen LogP contribution in [-0.4, -0.2) is 38.2 Å². The third-order valence-corrected chi connectivity index (χ3v) is 4.18. The zero-order chi connectivity index (χ0) is 18.2. The Morgan fingerprint density at radius 2 is 1.84 bits per heavy atom. The molecule has 136 valence electrons. The van der Waals surface area contributed by atoms with Gasteiger partial charge < -0.3 is 19.5 Å². The van der Waals surface area contributed by atoms with Gasteiger partial charge in [-0.3, -0.25) is 4.79 Å². The average Bonchev–Trinajstić information content (AvgIpc) is 3.12. The van der Waals surface area contributed by atoms with E-state index in [1.807, 2.05) is 0 Å². The van der Waals surface area contributed by atoms with Crippen molar-refractivity contribution in [3.63, 3.8) is 0 Å². The molecule has 1 fully saturated rings. The first-order valence-electron chi connectivity index (χ1n) is 8.44. The molecule has 2 rings (SSSR count). The molecule has 1 atom stereocenters. The average molecular weight is 347 g/mol. The number of ether oxygens (including phenoxy) is 3. The van der Waals surface area contributed by atoms with E-state index in [9.17, 15) is 9.59 Å². The maximum absolute atomic E-state index is 12.0. The maximum atomic E-state index is 12.0. The van der Waals surface area contributed by atoms with Gasteiger partial charge in [0, 0.05) is 12.1 Å². The molecule has 0 radical (unpaired) electrons. The fourth-order valence-corrected chi connectivity index (χ4v) is 2.78. The molecule has 0 aliphatic heterocycles. The highest BCUT2D eigenvalue weighted by Crippen LogP contribution is 2.28. The minimum atomic E-state index is -0.817. The summed E-state index contributed by atoms with van der Waals surface area (Å²) in [5, 5.41) is 2.91. The van der Waals surface area contributed by atoms with Gasteiger partial charge in [-0.05, 0) is 43.5 Å². The number of esters is 1. The summed E-state index contributed by atoms with van der Waals surface area (Å²) < 4.78 is 15.5. The second kappa shape index (κ2) is 9.11. The molecule has 0 heterocycles. The summed E-state index contributed by atoms with van der Waals surface area (Å²) in [6.07, 6.45) is 6.33. The molecule has 0 spiro atoms. The molecule has 1 N–H and O–H groups in total. The van der Waals surface area contributed by atoms with Gasteiger partial charge in [0.15, 0.2) is 17.6 Å². The molecule has 1 aliphatic rings. The lowest BCUT2D eigenvalue weighted by molar-refractivity contribution is -0.150. The van der Waals surface area contributed by atoms with Crippen molar-refractivity contribution in [1.82, 2.24) is 5.32 Å². The molecule has 6 heteroatoms. The number of benzene rings is 1. The summed E-state index contributed by atoms with van der Waals surface area (Å²) in [5.74, 6) is 0.366. The van der Waals surface area contributed by atoms with E-state index in [0.29, 0.717) is 11.5 Å². The molecule has 6 nitrogen and oxygen atoms in total. The highest BCUT2D eigenvalue weighted by Gasteiger charge is 2.22. The number of rotatable bonds is 7. The van der Waals surface area contributed by atoms with E-state index in [4.69, 9.17) is 14.2 Å². The third kappa shape index (κ3) is 5.52. The number of nitrogens with one attached hydrogen (secondary N) is 1. The fraction of sp³-hybridized carbons (Fsp3) is 0.474. The van der Waals surface area contributed by atoms with Crippen LogP contribution in [-0.2, 0) is 14.3 Å². The summed E-state index contributed by atoms with van der Waals surface area (Å²) in [5.41, 5.74) is 0.762. The lowest BCUT2D eigenvalue weighted by Gasteiger charge is -2.16. The molecule has 0 unspecified atom stereocenters. The topological polar surface area (TPSA) is 73.9 Å². The summed E-state index contributed by atoms with van der Waals surface area (Å²) in [7, 11) is 3.10. The van der Waals surface area contributed by atoms with Crippen LogP contribution in [0.25, 0.3) is 6.08 Å². The monoisotopic (exact) mass is 347 g/mol. The molecule has 0 bridgehead atoms. The van der Waals surface area contributed by atoms with Crippen molar-refractivity contribution in [2.75, 3.05) is 14.2 Å². The molecule has 1 saturated carbocycles. The third-order valence-electron chi connectivity index (χ3n) is 4.18. The van der Waals surface area contributed by atoms with Crippen LogP contribution in [0.3, 0.4) is 0 Å². The van der Waals surface area contributed by atoms with Gasteiger partial charge in [-0.15, -0.1) is 0 Å². The molecule has 1 aromatic carbocycles. The van der Waals surface area contributed by atoms with Crippen molar-refractivity contribution in [3.8, 4) is 11.5 Å². The van der Waals surface area contributed by atoms with Gasteiger partial charge in [0.1, 0.15) is 0 Å². The van der Waals surface area contributed by atoms with Crippen molar-refractivity contribution in [1.29, 1.82) is 0 Å². The Balaban J connectivity index is 1.88. The zero-order valence-corrected chi connectivity index (χ0v) is 14.9. The SMILES string of the molecule is COc1ccc(/C=C/C(=O)O[C@H](C)C(=O)NC2CCCC2)cc1OC. The molecule has 1 amide bonds. The van der Waals surface area contributed by atoms with E-state index < -0.39 is 12.1 Å². The zero-order valence-electron chi connectivity index (χ0n) is 14.9. The Kier molecular flexibility index (Phi) is 6.86. The van der Waals surface area contributed by atoms with Crippen LogP contribution in [0.1, 0.15) is 38.2 Å². The predicted molar refractivity (Wildman–Crippen MR) is 94.5 cm³/mol. The minimum absolute atomic E-state index is 0.205. The van der Waals surface area contributed by atoms with Crippen molar-refractivity contribution in [3.05, 3.63) is 29.8 Å². The lowest BCUT2D eigenvalue weighted by Crippen LogP contribution is -2.40. The van der Waals surface area contributed by atoms with Crippen LogP contribution in [0.4, 0.5) is 0 Å². The molecule has 0 saturated heterocycles. The van der Waals surface area contributed by atoms with Crippen LogP contribution in [0, 0.1) is 0 Å². The Morgan fingerprint density at radius 3 is 2.48 bits per heavy atom. The van der Waals surface area contributed by atoms with Crippen LogP contribution >= 0.6 is 0 Å². The number of carbonyl (C=O) groups is 2. The van der Waals surface area contributed by atoms with E-state index in [2.05, 4.69) is 5.32 Å². The highest BCUT2D eigenvalue weighted by molar-refractivity contribution is 5.90. The van der Waals surface area contributed by atoms with Gasteiger partial charge >= 0.3 is 5.97 Å². The molecular formula is C19H25NO5. The normalized spacial score (nSPS) is 15.8. The van der Waals surface area contributed by atoms with Crippen molar-refractivity contribution >= 4 is 18.0 Å². The first-order valence-corrected chi connectivity index (χ1v) is 8.44. The van der Waals surface area contributed by atoms with E-state index in [-0.39, 0.29) is 11.9 Å². The molecule has 25 heavy (non-hydrogen) atoms. The maximum Gasteiger partial charge on any atom is 0.331 e. The van der Waals surface area contributed by atoms with Crippen molar-refractivity contribution < 1.29 is 23.8 Å². The number of amides is 1. The smallest absolute Gasteiger partial charge is 0.331 e. The number of methoxy groups -OCH3 is 2.